The van der Waals surface area contributed by atoms with Crippen LogP contribution in [0.25, 0.3) is 0 Å². The van der Waals surface area contributed by atoms with E-state index in [1.807, 2.05) is 41.5 Å². The molecule has 1 saturated carbocycles. The Labute approximate surface area is 325 Å². The number of primary amides is 1. The Bertz CT molecular complexity index is 1720. The molecule has 0 spiro atoms. The topological polar surface area (TPSA) is 141 Å². The summed E-state index contributed by atoms with van der Waals surface area (Å²) in [5, 5.41) is 27.7. The van der Waals surface area contributed by atoms with Crippen molar-refractivity contribution in [2.45, 2.75) is 77.7 Å². The summed E-state index contributed by atoms with van der Waals surface area (Å²) in [5.74, 6) is 0.985. The molecule has 4 N–H and O–H groups in total. The third kappa shape index (κ3) is 7.50. The lowest BCUT2D eigenvalue weighted by molar-refractivity contribution is -0.180. The number of hydrogen-bond donors (Lipinski definition) is 3. The summed E-state index contributed by atoms with van der Waals surface area (Å²) < 4.78 is 22.0. The number of nitrogens with zero attached hydrogens (tertiary/aromatic N) is 1. The van der Waals surface area contributed by atoms with Crippen LogP contribution in [0.4, 0.5) is 0 Å². The van der Waals surface area contributed by atoms with Crippen LogP contribution in [0.5, 0.6) is 23.0 Å². The van der Waals surface area contributed by atoms with E-state index in [1.54, 1.807) is 130 Å². The van der Waals surface area contributed by atoms with Crippen LogP contribution in [-0.4, -0.2) is 67.5 Å². The molecule has 0 unspecified atom stereocenters. The van der Waals surface area contributed by atoms with Crippen molar-refractivity contribution in [1.82, 2.24) is 4.90 Å². The standard InChI is InChI=1S/C45H56N2O8/c1-41(2,3)37(44(50,29-11-19-33(52-7)20-12-29)30-13-21-34(53-8)22-14-30)47(40(49)43(27-28-43)39(46)48)38(42(4,5)6)45(51,31-15-23-35(54-9)24-16-31)32-17-25-36(55-10)26-18-32/h11-26,37-38,50-51H,27-28H2,1-10H3,(H2,46,48)/t37-,38-/m1/s1. The molecule has 10 heteroatoms. The Morgan fingerprint density at radius 2 is 0.782 bits per heavy atom. The fourth-order valence-corrected chi connectivity index (χ4v) is 8.16. The second-order valence-electron chi connectivity index (χ2n) is 16.6. The molecule has 0 bridgehead atoms. The van der Waals surface area contributed by atoms with Crippen molar-refractivity contribution < 1.29 is 38.7 Å². The summed E-state index contributed by atoms with van der Waals surface area (Å²) in [7, 11) is 6.26. The smallest absolute Gasteiger partial charge is 0.239 e. The minimum absolute atomic E-state index is 0.235. The van der Waals surface area contributed by atoms with E-state index in [9.17, 15) is 15.0 Å². The lowest BCUT2D eigenvalue weighted by Crippen LogP contribution is -2.70. The quantitative estimate of drug-likeness (QED) is 0.119. The molecule has 0 heterocycles. The Balaban J connectivity index is 1.96. The van der Waals surface area contributed by atoms with Gasteiger partial charge in [-0.1, -0.05) is 90.1 Å². The van der Waals surface area contributed by atoms with Crippen LogP contribution < -0.4 is 24.7 Å². The molecule has 1 aliphatic carbocycles. The maximum Gasteiger partial charge on any atom is 0.239 e. The van der Waals surface area contributed by atoms with Crippen molar-refractivity contribution in [3.8, 4) is 23.0 Å². The molecule has 1 fully saturated rings. The van der Waals surface area contributed by atoms with E-state index in [4.69, 9.17) is 24.7 Å². The van der Waals surface area contributed by atoms with Gasteiger partial charge in [0.2, 0.25) is 11.8 Å². The molecule has 294 valence electrons. The van der Waals surface area contributed by atoms with Crippen LogP contribution in [0.3, 0.4) is 0 Å². The number of carbonyl (C=O) groups excluding carboxylic acids is 2. The van der Waals surface area contributed by atoms with E-state index in [1.165, 1.54) is 0 Å². The van der Waals surface area contributed by atoms with Crippen molar-refractivity contribution in [3.05, 3.63) is 119 Å². The normalized spacial score (nSPS) is 15.3. The van der Waals surface area contributed by atoms with Gasteiger partial charge in [0, 0.05) is 0 Å². The molecule has 10 nitrogen and oxygen atoms in total. The largest absolute Gasteiger partial charge is 0.497 e. The summed E-state index contributed by atoms with van der Waals surface area (Å²) in [4.78, 5) is 30.8. The Hall–Kier alpha value is -5.06. The average Bonchev–Trinajstić information content (AvgIpc) is 3.99. The van der Waals surface area contributed by atoms with Gasteiger partial charge in [-0.15, -0.1) is 0 Å². The molecule has 4 aromatic rings. The van der Waals surface area contributed by atoms with Gasteiger partial charge in [-0.05, 0) is 94.5 Å². The maximum atomic E-state index is 15.8. The van der Waals surface area contributed by atoms with Crippen LogP contribution >= 0.6 is 0 Å². The average molecular weight is 753 g/mol. The van der Waals surface area contributed by atoms with E-state index >= 15 is 4.79 Å². The molecule has 2 amide bonds. The summed E-state index contributed by atoms with van der Waals surface area (Å²) >= 11 is 0. The first-order valence-electron chi connectivity index (χ1n) is 18.5. The zero-order chi connectivity index (χ0) is 40.6. The highest BCUT2D eigenvalue weighted by atomic mass is 16.5. The number of aliphatic hydroxyl groups is 2. The summed E-state index contributed by atoms with van der Waals surface area (Å²) in [6.45, 7) is 11.7. The predicted molar refractivity (Wildman–Crippen MR) is 212 cm³/mol. The maximum absolute atomic E-state index is 15.8. The molecule has 0 radical (unpaired) electrons. The van der Waals surface area contributed by atoms with Crippen molar-refractivity contribution in [1.29, 1.82) is 0 Å². The molecule has 0 saturated heterocycles. The first kappa shape index (κ1) is 41.1. The summed E-state index contributed by atoms with van der Waals surface area (Å²) in [6, 6.07) is 26.0. The van der Waals surface area contributed by atoms with E-state index in [-0.39, 0.29) is 12.8 Å². The van der Waals surface area contributed by atoms with Gasteiger partial charge < -0.3 is 39.8 Å². The SMILES string of the molecule is COc1ccc(C(O)(c2ccc(OC)cc2)[C@H](N(C(=O)C2(C(N)=O)CC2)[C@H](C(C)(C)C)C(O)(c2ccc(OC)cc2)c2ccc(OC)cc2)C(C)(C)C)cc1. The molecule has 0 aliphatic heterocycles. The number of nitrogens with two attached hydrogens (primary N) is 1. The molecule has 4 aromatic carbocycles. The lowest BCUT2D eigenvalue weighted by atomic mass is 9.63. The first-order valence-corrected chi connectivity index (χ1v) is 18.5. The van der Waals surface area contributed by atoms with Crippen LogP contribution in [0.15, 0.2) is 97.1 Å². The predicted octanol–water partition coefficient (Wildman–Crippen LogP) is 6.82. The third-order valence-corrected chi connectivity index (χ3v) is 11.0. The van der Waals surface area contributed by atoms with Crippen LogP contribution in [0, 0.1) is 16.2 Å². The highest BCUT2D eigenvalue weighted by molar-refractivity contribution is 6.07. The van der Waals surface area contributed by atoms with Crippen molar-refractivity contribution in [2.75, 3.05) is 28.4 Å². The van der Waals surface area contributed by atoms with Crippen LogP contribution in [0.2, 0.25) is 0 Å². The van der Waals surface area contributed by atoms with Gasteiger partial charge in [0.05, 0.1) is 40.5 Å². The number of carbonyl (C=O) groups is 2. The zero-order valence-electron chi connectivity index (χ0n) is 33.7. The number of benzene rings is 4. The van der Waals surface area contributed by atoms with E-state index in [0.29, 0.717) is 45.3 Å². The number of methoxy groups -OCH3 is 4. The van der Waals surface area contributed by atoms with Gasteiger partial charge in [0.25, 0.3) is 0 Å². The van der Waals surface area contributed by atoms with Gasteiger partial charge in [0.1, 0.15) is 39.6 Å². The Morgan fingerprint density at radius 3 is 0.945 bits per heavy atom. The molecule has 55 heavy (non-hydrogen) atoms. The van der Waals surface area contributed by atoms with Gasteiger partial charge in [-0.2, -0.15) is 0 Å². The third-order valence-electron chi connectivity index (χ3n) is 11.0. The number of ether oxygens (including phenoxy) is 4. The number of rotatable bonds is 14. The van der Waals surface area contributed by atoms with Gasteiger partial charge in [0.15, 0.2) is 0 Å². The molecular formula is C45H56N2O8. The van der Waals surface area contributed by atoms with Gasteiger partial charge >= 0.3 is 0 Å². The molecular weight excluding hydrogens is 697 g/mol. The molecule has 0 aromatic heterocycles. The van der Waals surface area contributed by atoms with E-state index in [2.05, 4.69) is 0 Å². The fraction of sp³-hybridized carbons (Fsp3) is 0.422. The number of hydrogen-bond acceptors (Lipinski definition) is 8. The van der Waals surface area contributed by atoms with Gasteiger partial charge in [-0.25, -0.2) is 0 Å². The Morgan fingerprint density at radius 1 is 0.545 bits per heavy atom. The number of amides is 2. The zero-order valence-corrected chi connectivity index (χ0v) is 33.7. The molecule has 2 atom stereocenters. The van der Waals surface area contributed by atoms with E-state index < -0.39 is 51.3 Å². The Kier molecular flexibility index (Phi) is 11.4. The van der Waals surface area contributed by atoms with Crippen LogP contribution in [-0.2, 0) is 20.8 Å². The first-order chi connectivity index (χ1) is 25.8. The van der Waals surface area contributed by atoms with E-state index in [0.717, 1.165) is 0 Å². The monoisotopic (exact) mass is 752 g/mol. The van der Waals surface area contributed by atoms with Gasteiger partial charge in [-0.3, -0.25) is 9.59 Å². The van der Waals surface area contributed by atoms with Crippen LogP contribution in [0.1, 0.15) is 76.6 Å². The molecule has 5 rings (SSSR count). The van der Waals surface area contributed by atoms with Crippen molar-refractivity contribution in [2.24, 2.45) is 22.0 Å². The highest BCUT2D eigenvalue weighted by Gasteiger charge is 2.65. The minimum atomic E-state index is -1.95. The van der Waals surface area contributed by atoms with Crippen molar-refractivity contribution >= 4 is 11.8 Å². The lowest BCUT2D eigenvalue weighted by Gasteiger charge is -2.58. The second-order valence-corrected chi connectivity index (χ2v) is 16.6. The minimum Gasteiger partial charge on any atom is -0.497 e. The molecule has 1 aliphatic rings. The van der Waals surface area contributed by atoms with Crippen molar-refractivity contribution in [3.63, 3.8) is 0 Å². The highest BCUT2D eigenvalue weighted by Crippen LogP contribution is 2.56. The summed E-state index contributed by atoms with van der Waals surface area (Å²) in [6.07, 6.45) is 0.469. The second kappa shape index (κ2) is 15.2. The summed E-state index contributed by atoms with van der Waals surface area (Å²) in [5.41, 5.74) is 0.654. The fourth-order valence-electron chi connectivity index (χ4n) is 8.16.